The molecule has 5 nitrogen and oxygen atoms in total. The lowest BCUT2D eigenvalue weighted by atomic mass is 10.1. The van der Waals surface area contributed by atoms with Crippen LogP contribution >= 0.6 is 34.7 Å². The monoisotopic (exact) mass is 521 g/mol. The molecule has 1 atom stereocenters. The maximum Gasteiger partial charge on any atom is 0.244 e. The van der Waals surface area contributed by atoms with Crippen LogP contribution in [0.25, 0.3) is 11.3 Å². The van der Waals surface area contributed by atoms with Gasteiger partial charge in [-0.25, -0.2) is 4.98 Å². The first-order valence-electron chi connectivity index (χ1n) is 11.2. The molecule has 0 aliphatic rings. The van der Waals surface area contributed by atoms with Crippen molar-refractivity contribution in [3.63, 3.8) is 0 Å². The van der Waals surface area contributed by atoms with Gasteiger partial charge in [0.05, 0.1) is 5.69 Å². The van der Waals surface area contributed by atoms with Gasteiger partial charge in [0, 0.05) is 33.0 Å². The third-order valence-electron chi connectivity index (χ3n) is 5.08. The number of rotatable bonds is 9. The smallest absolute Gasteiger partial charge is 0.244 e. The van der Waals surface area contributed by atoms with E-state index in [0.29, 0.717) is 16.6 Å². The second-order valence-corrected chi connectivity index (χ2v) is 10.2. The van der Waals surface area contributed by atoms with Crippen LogP contribution in [0.15, 0.2) is 89.1 Å². The van der Waals surface area contributed by atoms with Crippen molar-refractivity contribution in [3.05, 3.63) is 94.8 Å². The van der Waals surface area contributed by atoms with Gasteiger partial charge in [-0.1, -0.05) is 61.0 Å². The number of nitrogens with one attached hydrogen (secondary N) is 2. The van der Waals surface area contributed by atoms with E-state index in [1.165, 1.54) is 23.1 Å². The standard InChI is InChI=1S/C27H24ClN3O2S2/c1-2-6-24(32)29-21-13-15-22(16-14-21)35-25(19-7-4-3-5-8-19)26(33)31-27-30-23(17-34-27)18-9-11-20(28)12-10-18/h3-5,7-17,25H,2,6H2,1H3,(H,29,32)(H,30,31,33). The van der Waals surface area contributed by atoms with Crippen LogP contribution in [0.2, 0.25) is 5.02 Å². The predicted octanol–water partition coefficient (Wildman–Crippen LogP) is 7.67. The van der Waals surface area contributed by atoms with E-state index in [4.69, 9.17) is 11.6 Å². The van der Waals surface area contributed by atoms with Crippen LogP contribution in [-0.2, 0) is 9.59 Å². The molecule has 0 aliphatic heterocycles. The van der Waals surface area contributed by atoms with Crippen molar-refractivity contribution in [2.45, 2.75) is 29.9 Å². The molecule has 8 heteroatoms. The number of nitrogens with zero attached hydrogens (tertiary/aromatic N) is 1. The molecule has 0 saturated carbocycles. The van der Waals surface area contributed by atoms with Gasteiger partial charge < -0.3 is 10.6 Å². The van der Waals surface area contributed by atoms with E-state index in [9.17, 15) is 9.59 Å². The molecule has 0 bridgehead atoms. The van der Waals surface area contributed by atoms with Crippen molar-refractivity contribution in [2.24, 2.45) is 0 Å². The molecule has 4 rings (SSSR count). The molecule has 1 heterocycles. The third-order valence-corrected chi connectivity index (χ3v) is 7.36. The van der Waals surface area contributed by atoms with Crippen molar-refractivity contribution in [1.29, 1.82) is 0 Å². The van der Waals surface area contributed by atoms with Gasteiger partial charge in [-0.3, -0.25) is 9.59 Å². The molecule has 178 valence electrons. The molecule has 35 heavy (non-hydrogen) atoms. The number of anilines is 2. The second-order valence-electron chi connectivity index (χ2n) is 7.77. The Morgan fingerprint density at radius 3 is 2.37 bits per heavy atom. The molecule has 2 N–H and O–H groups in total. The number of hydrogen-bond acceptors (Lipinski definition) is 5. The highest BCUT2D eigenvalue weighted by Crippen LogP contribution is 2.37. The molecule has 0 fully saturated rings. The summed E-state index contributed by atoms with van der Waals surface area (Å²) in [6.45, 7) is 1.97. The van der Waals surface area contributed by atoms with Gasteiger partial charge in [0.2, 0.25) is 11.8 Å². The fourth-order valence-electron chi connectivity index (χ4n) is 3.36. The Hall–Kier alpha value is -3.13. The van der Waals surface area contributed by atoms with Gasteiger partial charge in [0.25, 0.3) is 0 Å². The summed E-state index contributed by atoms with van der Waals surface area (Å²) in [5.74, 6) is -0.158. The molecular formula is C27H24ClN3O2S2. The summed E-state index contributed by atoms with van der Waals surface area (Å²) < 4.78 is 0. The van der Waals surface area contributed by atoms with Crippen molar-refractivity contribution < 1.29 is 9.59 Å². The molecule has 4 aromatic rings. The summed E-state index contributed by atoms with van der Waals surface area (Å²) in [6.07, 6.45) is 1.29. The second kappa shape index (κ2) is 12.0. The summed E-state index contributed by atoms with van der Waals surface area (Å²) in [7, 11) is 0. The normalized spacial score (nSPS) is 11.6. The highest BCUT2D eigenvalue weighted by atomic mass is 35.5. The number of halogens is 1. The largest absolute Gasteiger partial charge is 0.326 e. The lowest BCUT2D eigenvalue weighted by Gasteiger charge is -2.16. The molecule has 0 aliphatic carbocycles. The van der Waals surface area contributed by atoms with Gasteiger partial charge in [-0.05, 0) is 48.4 Å². The van der Waals surface area contributed by atoms with E-state index in [1.54, 1.807) is 0 Å². The Bertz CT molecular complexity index is 1280. The number of benzene rings is 3. The van der Waals surface area contributed by atoms with E-state index in [1.807, 2.05) is 91.2 Å². The first-order chi connectivity index (χ1) is 17.0. The Morgan fingerprint density at radius 1 is 0.971 bits per heavy atom. The lowest BCUT2D eigenvalue weighted by molar-refractivity contribution is -0.116. The third kappa shape index (κ3) is 6.94. The van der Waals surface area contributed by atoms with Gasteiger partial charge in [-0.2, -0.15) is 0 Å². The molecule has 1 unspecified atom stereocenters. The van der Waals surface area contributed by atoms with Crippen LogP contribution in [0.3, 0.4) is 0 Å². The lowest BCUT2D eigenvalue weighted by Crippen LogP contribution is -2.19. The van der Waals surface area contributed by atoms with Crippen molar-refractivity contribution in [1.82, 2.24) is 4.98 Å². The Morgan fingerprint density at radius 2 is 1.69 bits per heavy atom. The number of amides is 2. The van der Waals surface area contributed by atoms with E-state index in [-0.39, 0.29) is 11.8 Å². The fourth-order valence-corrected chi connectivity index (χ4v) is 5.23. The number of carbonyl (C=O) groups is 2. The van der Waals surface area contributed by atoms with E-state index in [0.717, 1.165) is 33.8 Å². The van der Waals surface area contributed by atoms with Crippen molar-refractivity contribution in [3.8, 4) is 11.3 Å². The van der Waals surface area contributed by atoms with Crippen molar-refractivity contribution in [2.75, 3.05) is 10.6 Å². The van der Waals surface area contributed by atoms with Crippen molar-refractivity contribution >= 4 is 57.3 Å². The van der Waals surface area contributed by atoms with Crippen LogP contribution in [0.4, 0.5) is 10.8 Å². The van der Waals surface area contributed by atoms with Crippen LogP contribution in [0.1, 0.15) is 30.6 Å². The number of aromatic nitrogens is 1. The van der Waals surface area contributed by atoms with Gasteiger partial charge in [0.1, 0.15) is 5.25 Å². The molecule has 0 saturated heterocycles. The Kier molecular flexibility index (Phi) is 8.58. The van der Waals surface area contributed by atoms with E-state index >= 15 is 0 Å². The van der Waals surface area contributed by atoms with E-state index < -0.39 is 5.25 Å². The molecule has 1 aromatic heterocycles. The minimum atomic E-state index is -0.473. The quantitative estimate of drug-likeness (QED) is 0.222. The minimum absolute atomic E-state index is 0.00383. The average molecular weight is 522 g/mol. The van der Waals surface area contributed by atoms with Gasteiger partial charge in [-0.15, -0.1) is 23.1 Å². The van der Waals surface area contributed by atoms with Crippen LogP contribution in [0, 0.1) is 0 Å². The SMILES string of the molecule is CCCC(=O)Nc1ccc(SC(C(=O)Nc2nc(-c3ccc(Cl)cc3)cs2)c2ccccc2)cc1. The number of hydrogen-bond donors (Lipinski definition) is 2. The average Bonchev–Trinajstić information content (AvgIpc) is 3.33. The molecular weight excluding hydrogens is 498 g/mol. The first-order valence-corrected chi connectivity index (χ1v) is 13.3. The van der Waals surface area contributed by atoms with Crippen LogP contribution < -0.4 is 10.6 Å². The summed E-state index contributed by atoms with van der Waals surface area (Å²) in [4.78, 5) is 30.7. The zero-order valence-electron chi connectivity index (χ0n) is 19.0. The van der Waals surface area contributed by atoms with Gasteiger partial charge >= 0.3 is 0 Å². The number of carbonyl (C=O) groups excluding carboxylic acids is 2. The minimum Gasteiger partial charge on any atom is -0.326 e. The van der Waals surface area contributed by atoms with Crippen LogP contribution in [-0.4, -0.2) is 16.8 Å². The number of thioether (sulfide) groups is 1. The maximum absolute atomic E-state index is 13.4. The summed E-state index contributed by atoms with van der Waals surface area (Å²) >= 11 is 8.81. The highest BCUT2D eigenvalue weighted by Gasteiger charge is 2.23. The zero-order chi connectivity index (χ0) is 24.6. The molecule has 3 aromatic carbocycles. The van der Waals surface area contributed by atoms with Crippen LogP contribution in [0.5, 0.6) is 0 Å². The Balaban J connectivity index is 1.49. The van der Waals surface area contributed by atoms with E-state index in [2.05, 4.69) is 15.6 Å². The fraction of sp³-hybridized carbons (Fsp3) is 0.148. The Labute approximate surface area is 218 Å². The molecule has 2 amide bonds. The summed E-state index contributed by atoms with van der Waals surface area (Å²) in [6, 6.07) is 24.6. The molecule has 0 spiro atoms. The first kappa shape index (κ1) is 25.0. The predicted molar refractivity (Wildman–Crippen MR) is 146 cm³/mol. The molecule has 0 radical (unpaired) electrons. The van der Waals surface area contributed by atoms with Gasteiger partial charge in [0.15, 0.2) is 5.13 Å². The maximum atomic E-state index is 13.4. The summed E-state index contributed by atoms with van der Waals surface area (Å²) in [5.41, 5.74) is 3.36. The topological polar surface area (TPSA) is 71.1 Å². The zero-order valence-corrected chi connectivity index (χ0v) is 21.4. The number of thiazole rings is 1. The summed E-state index contributed by atoms with van der Waals surface area (Å²) in [5, 5.41) is 8.51. The highest BCUT2D eigenvalue weighted by molar-refractivity contribution is 8.00.